The third-order valence-electron chi connectivity index (χ3n) is 3.93. The molecule has 1 aromatic heterocycles. The Morgan fingerprint density at radius 2 is 2.00 bits per heavy atom. The van der Waals surface area contributed by atoms with E-state index in [2.05, 4.69) is 23.7 Å². The molecule has 0 atom stereocenters. The number of benzene rings is 1. The molecule has 7 nitrogen and oxygen atoms in total. The Hall–Kier alpha value is -2.67. The van der Waals surface area contributed by atoms with Crippen molar-refractivity contribution in [2.75, 3.05) is 33.4 Å². The van der Waals surface area contributed by atoms with Crippen LogP contribution >= 0.6 is 0 Å². The van der Waals surface area contributed by atoms with Gasteiger partial charge in [-0.3, -0.25) is 9.36 Å². The zero-order chi connectivity index (χ0) is 18.2. The Morgan fingerprint density at radius 3 is 2.68 bits per heavy atom. The van der Waals surface area contributed by atoms with E-state index >= 15 is 0 Å². The number of carbonyl (C=O) groups is 1. The summed E-state index contributed by atoms with van der Waals surface area (Å²) in [6.45, 7) is 7.10. The predicted molar refractivity (Wildman–Crippen MR) is 96.0 cm³/mol. The highest BCUT2D eigenvalue weighted by atomic mass is 16.5. The van der Waals surface area contributed by atoms with Gasteiger partial charge in [-0.2, -0.15) is 0 Å². The van der Waals surface area contributed by atoms with Crippen molar-refractivity contribution in [1.29, 1.82) is 0 Å². The zero-order valence-corrected chi connectivity index (χ0v) is 14.8. The third-order valence-corrected chi connectivity index (χ3v) is 3.93. The highest BCUT2D eigenvalue weighted by Gasteiger charge is 2.16. The number of aromatic nitrogens is 2. The molecule has 0 aliphatic heterocycles. The number of para-hydroxylation sites is 1. The fourth-order valence-electron chi connectivity index (χ4n) is 2.41. The Balaban J connectivity index is 2.29. The predicted octanol–water partition coefficient (Wildman–Crippen LogP) is 1.73. The first-order chi connectivity index (χ1) is 12.1. The SMILES string of the molecule is CCN(CC)CCOC=C(C(=O)OC)n1cnc2ccccc2c1=O. The number of hydrogen-bond acceptors (Lipinski definition) is 6. The molecule has 0 radical (unpaired) electrons. The van der Waals surface area contributed by atoms with Crippen LogP contribution in [0.2, 0.25) is 0 Å². The van der Waals surface area contributed by atoms with Crippen molar-refractivity contribution in [2.45, 2.75) is 13.8 Å². The van der Waals surface area contributed by atoms with E-state index in [1.54, 1.807) is 24.3 Å². The number of rotatable bonds is 8. The molecular weight excluding hydrogens is 322 g/mol. The number of hydrogen-bond donors (Lipinski definition) is 0. The Labute approximate surface area is 146 Å². The maximum absolute atomic E-state index is 12.6. The molecule has 0 fully saturated rings. The van der Waals surface area contributed by atoms with Crippen LogP contribution in [0.1, 0.15) is 13.8 Å². The number of carbonyl (C=O) groups excluding carboxylic acids is 1. The molecule has 2 aromatic rings. The molecule has 25 heavy (non-hydrogen) atoms. The summed E-state index contributed by atoms with van der Waals surface area (Å²) in [6.07, 6.45) is 2.56. The summed E-state index contributed by atoms with van der Waals surface area (Å²) in [5, 5.41) is 0.419. The molecule has 134 valence electrons. The van der Waals surface area contributed by atoms with Crippen LogP contribution in [0.3, 0.4) is 0 Å². The zero-order valence-electron chi connectivity index (χ0n) is 14.8. The van der Waals surface area contributed by atoms with Crippen molar-refractivity contribution >= 4 is 22.6 Å². The van der Waals surface area contributed by atoms with Gasteiger partial charge in [-0.15, -0.1) is 0 Å². The fraction of sp³-hybridized carbons (Fsp3) is 0.389. The smallest absolute Gasteiger partial charge is 0.358 e. The van der Waals surface area contributed by atoms with Gasteiger partial charge in [-0.1, -0.05) is 26.0 Å². The van der Waals surface area contributed by atoms with E-state index in [1.807, 2.05) is 0 Å². The van der Waals surface area contributed by atoms with Gasteiger partial charge in [0.15, 0.2) is 5.70 Å². The number of ether oxygens (including phenoxy) is 2. The third kappa shape index (κ3) is 4.45. The molecule has 0 aliphatic carbocycles. The number of fused-ring (bicyclic) bond motifs is 1. The molecule has 0 spiro atoms. The lowest BCUT2D eigenvalue weighted by molar-refractivity contribution is -0.134. The molecule has 1 heterocycles. The van der Waals surface area contributed by atoms with Crippen LogP contribution in [0.4, 0.5) is 0 Å². The van der Waals surface area contributed by atoms with Gasteiger partial charge in [0.25, 0.3) is 5.56 Å². The van der Waals surface area contributed by atoms with E-state index < -0.39 is 5.97 Å². The molecule has 0 amide bonds. The summed E-state index contributed by atoms with van der Waals surface area (Å²) in [4.78, 5) is 31.1. The Bertz CT molecular complexity index is 809. The van der Waals surface area contributed by atoms with Crippen molar-refractivity contribution in [1.82, 2.24) is 14.5 Å². The summed E-state index contributed by atoms with van der Waals surface area (Å²) >= 11 is 0. The van der Waals surface area contributed by atoms with Crippen LogP contribution in [0, 0.1) is 0 Å². The minimum atomic E-state index is -0.665. The molecule has 0 aliphatic rings. The average Bonchev–Trinajstić information content (AvgIpc) is 2.65. The number of nitrogens with zero attached hydrogens (tertiary/aromatic N) is 3. The minimum Gasteiger partial charge on any atom is -0.497 e. The van der Waals surface area contributed by atoms with Crippen LogP contribution in [-0.2, 0) is 14.3 Å². The number of likely N-dealkylation sites (N-methyl/N-ethyl adjacent to an activating group) is 1. The van der Waals surface area contributed by atoms with Crippen molar-refractivity contribution in [3.63, 3.8) is 0 Å². The fourth-order valence-corrected chi connectivity index (χ4v) is 2.41. The second-order valence-electron chi connectivity index (χ2n) is 5.33. The van der Waals surface area contributed by atoms with E-state index in [1.165, 1.54) is 19.7 Å². The quantitative estimate of drug-likeness (QED) is 0.314. The highest BCUT2D eigenvalue weighted by molar-refractivity contribution is 6.09. The van der Waals surface area contributed by atoms with Gasteiger partial charge in [0, 0.05) is 6.54 Å². The van der Waals surface area contributed by atoms with E-state index in [0.29, 0.717) is 17.5 Å². The van der Waals surface area contributed by atoms with Crippen LogP contribution in [0.5, 0.6) is 0 Å². The van der Waals surface area contributed by atoms with E-state index in [9.17, 15) is 9.59 Å². The van der Waals surface area contributed by atoms with Gasteiger partial charge < -0.3 is 14.4 Å². The topological polar surface area (TPSA) is 73.7 Å². The van der Waals surface area contributed by atoms with E-state index in [-0.39, 0.29) is 11.3 Å². The minimum absolute atomic E-state index is 0.00898. The first-order valence-corrected chi connectivity index (χ1v) is 8.21. The monoisotopic (exact) mass is 345 g/mol. The second kappa shape index (κ2) is 8.98. The van der Waals surface area contributed by atoms with Gasteiger partial charge in [0.1, 0.15) is 19.2 Å². The maximum atomic E-state index is 12.6. The molecule has 0 unspecified atom stereocenters. The summed E-state index contributed by atoms with van der Waals surface area (Å²) in [7, 11) is 1.26. The molecule has 1 aromatic carbocycles. The Kier molecular flexibility index (Phi) is 6.71. The normalized spacial score (nSPS) is 11.8. The molecule has 2 rings (SSSR count). The number of methoxy groups -OCH3 is 1. The summed E-state index contributed by atoms with van der Waals surface area (Å²) in [5.41, 5.74) is 0.204. The van der Waals surface area contributed by atoms with E-state index in [0.717, 1.165) is 24.2 Å². The lowest BCUT2D eigenvalue weighted by Crippen LogP contribution is -2.27. The molecular formula is C18H23N3O4. The van der Waals surface area contributed by atoms with Crippen molar-refractivity contribution in [3.8, 4) is 0 Å². The molecule has 0 saturated carbocycles. The largest absolute Gasteiger partial charge is 0.497 e. The van der Waals surface area contributed by atoms with Gasteiger partial charge in [0.05, 0.1) is 18.0 Å². The first kappa shape index (κ1) is 18.7. The van der Waals surface area contributed by atoms with Gasteiger partial charge in [-0.25, -0.2) is 9.78 Å². The van der Waals surface area contributed by atoms with Gasteiger partial charge in [0.2, 0.25) is 0 Å². The lowest BCUT2D eigenvalue weighted by Gasteiger charge is -2.17. The van der Waals surface area contributed by atoms with Crippen LogP contribution in [0.25, 0.3) is 16.6 Å². The van der Waals surface area contributed by atoms with E-state index in [4.69, 9.17) is 9.47 Å². The van der Waals surface area contributed by atoms with Crippen LogP contribution in [0.15, 0.2) is 41.6 Å². The van der Waals surface area contributed by atoms with Crippen molar-refractivity contribution < 1.29 is 14.3 Å². The second-order valence-corrected chi connectivity index (χ2v) is 5.33. The molecule has 7 heteroatoms. The summed E-state index contributed by atoms with van der Waals surface area (Å²) in [5.74, 6) is -0.665. The van der Waals surface area contributed by atoms with Crippen molar-refractivity contribution in [2.24, 2.45) is 0 Å². The highest BCUT2D eigenvalue weighted by Crippen LogP contribution is 2.09. The summed E-state index contributed by atoms with van der Waals surface area (Å²) < 4.78 is 11.4. The molecule has 0 bridgehead atoms. The number of esters is 1. The van der Waals surface area contributed by atoms with Crippen molar-refractivity contribution in [3.05, 3.63) is 47.2 Å². The Morgan fingerprint density at radius 1 is 1.28 bits per heavy atom. The molecule has 0 saturated heterocycles. The molecule has 0 N–H and O–H groups in total. The average molecular weight is 345 g/mol. The van der Waals surface area contributed by atoms with Gasteiger partial charge in [-0.05, 0) is 25.2 Å². The van der Waals surface area contributed by atoms with Crippen LogP contribution < -0.4 is 5.56 Å². The lowest BCUT2D eigenvalue weighted by atomic mass is 10.2. The standard InChI is InChI=1S/C18H23N3O4/c1-4-20(5-2)10-11-25-12-16(18(23)24-3)21-13-19-15-9-7-6-8-14(15)17(21)22/h6-9,12-13H,4-5,10-11H2,1-3H3. The maximum Gasteiger partial charge on any atom is 0.358 e. The summed E-state index contributed by atoms with van der Waals surface area (Å²) in [6, 6.07) is 6.95. The van der Waals surface area contributed by atoms with Gasteiger partial charge >= 0.3 is 5.97 Å². The first-order valence-electron chi connectivity index (χ1n) is 8.21. The van der Waals surface area contributed by atoms with Crippen LogP contribution in [-0.4, -0.2) is 53.8 Å².